The van der Waals surface area contributed by atoms with Gasteiger partial charge >= 0.3 is 43.1 Å². The van der Waals surface area contributed by atoms with E-state index in [-0.39, 0.29) is 0 Å². The minimum absolute atomic E-state index is 1.40. The molecular formula is C9H9O13P. The lowest BCUT2D eigenvalue weighted by Crippen LogP contribution is -2.52. The predicted octanol–water partition coefficient (Wildman–Crippen LogP) is -3.12. The monoisotopic (exact) mass is 356 g/mol. The molecule has 0 amide bonds. The van der Waals surface area contributed by atoms with Gasteiger partial charge in [0.15, 0.2) is 0 Å². The van der Waals surface area contributed by atoms with Gasteiger partial charge in [-0.05, 0) is 0 Å². The highest BCUT2D eigenvalue weighted by atomic mass is 31.2. The van der Waals surface area contributed by atoms with Crippen LogP contribution in [0.5, 0.6) is 0 Å². The van der Waals surface area contributed by atoms with Crippen molar-refractivity contribution < 1.29 is 62.1 Å². The molecular weight excluding hydrogens is 347 g/mol. The Kier molecular flexibility index (Phi) is 3.33. The average Bonchev–Trinajstić information content (AvgIpc) is 2.70. The highest BCUT2D eigenvalue weighted by Crippen LogP contribution is 2.64. The molecule has 23 heavy (non-hydrogen) atoms. The van der Waals surface area contributed by atoms with Crippen LogP contribution in [0.2, 0.25) is 0 Å². The normalized spacial score (nSPS) is 45.6. The number of aliphatic hydroxyl groups is 3. The molecule has 3 heterocycles. The van der Waals surface area contributed by atoms with E-state index in [0.29, 0.717) is 0 Å². The van der Waals surface area contributed by atoms with E-state index in [0.717, 1.165) is 0 Å². The van der Waals surface area contributed by atoms with Crippen LogP contribution in [0.25, 0.3) is 0 Å². The van der Waals surface area contributed by atoms with E-state index in [4.69, 9.17) is 0 Å². The third-order valence-electron chi connectivity index (χ3n) is 3.11. The molecule has 0 radical (unpaired) electrons. The van der Waals surface area contributed by atoms with Crippen LogP contribution >= 0.6 is 7.82 Å². The van der Waals surface area contributed by atoms with E-state index in [1.807, 2.05) is 0 Å². The number of carbonyl (C=O) groups excluding carboxylic acids is 3. The highest BCUT2D eigenvalue weighted by molar-refractivity contribution is 7.48. The zero-order valence-corrected chi connectivity index (χ0v) is 11.9. The first-order chi connectivity index (χ1) is 10.7. The molecule has 14 heteroatoms. The summed E-state index contributed by atoms with van der Waals surface area (Å²) in [6.45, 7) is -4.19. The third kappa shape index (κ3) is 2.03. The fraction of sp³-hybridized carbons (Fsp3) is 0.667. The number of hydrogen-bond donors (Lipinski definition) is 3. The lowest BCUT2D eigenvalue weighted by molar-refractivity contribution is -0.238. The summed E-state index contributed by atoms with van der Waals surface area (Å²) in [4.78, 5) is 36.3. The molecule has 13 nitrogen and oxygen atoms in total. The van der Waals surface area contributed by atoms with Gasteiger partial charge in [0.2, 0.25) is 0 Å². The summed E-state index contributed by atoms with van der Waals surface area (Å²) < 4.78 is 40.2. The molecule has 3 aliphatic rings. The third-order valence-corrected chi connectivity index (χ3v) is 4.66. The molecule has 0 spiro atoms. The van der Waals surface area contributed by atoms with Gasteiger partial charge in [-0.2, -0.15) is 0 Å². The summed E-state index contributed by atoms with van der Waals surface area (Å²) in [5, 5.41) is 28.0. The fourth-order valence-electron chi connectivity index (χ4n) is 1.95. The molecule has 3 rings (SSSR count). The number of ether oxygens (including phenoxy) is 3. The van der Waals surface area contributed by atoms with Crippen molar-refractivity contribution in [1.82, 2.24) is 0 Å². The van der Waals surface area contributed by atoms with Gasteiger partial charge in [0.05, 0.1) is 0 Å². The summed E-state index contributed by atoms with van der Waals surface area (Å²) in [6, 6.07) is 0. The van der Waals surface area contributed by atoms with Crippen molar-refractivity contribution >= 4 is 25.7 Å². The van der Waals surface area contributed by atoms with Gasteiger partial charge in [0.25, 0.3) is 0 Å². The van der Waals surface area contributed by atoms with Crippen LogP contribution < -0.4 is 0 Å². The maximum atomic E-state index is 12.6. The molecule has 3 unspecified atom stereocenters. The zero-order chi connectivity index (χ0) is 17.1. The summed E-state index contributed by atoms with van der Waals surface area (Å²) in [6.07, 6.45) is 0. The van der Waals surface area contributed by atoms with Gasteiger partial charge in [-0.1, -0.05) is 0 Å². The SMILES string of the molecule is O=C1OC2(CO)OP3(=O)OC1(CO)OC(=O)C(CO)(OC2=O)O3. The average molecular weight is 356 g/mol. The van der Waals surface area contributed by atoms with E-state index < -0.39 is 62.9 Å². The molecule has 0 saturated carbocycles. The molecule has 3 atom stereocenters. The smallest absolute Gasteiger partial charge is 0.414 e. The Morgan fingerprint density at radius 1 is 0.696 bits per heavy atom. The molecule has 0 aromatic rings. The molecule has 4 bridgehead atoms. The summed E-state index contributed by atoms with van der Waals surface area (Å²) >= 11 is 0. The van der Waals surface area contributed by atoms with Crippen molar-refractivity contribution in [2.75, 3.05) is 19.8 Å². The summed E-state index contributed by atoms with van der Waals surface area (Å²) in [5.41, 5.74) is 0. The Morgan fingerprint density at radius 2 is 0.957 bits per heavy atom. The van der Waals surface area contributed by atoms with Crippen LogP contribution in [-0.2, 0) is 46.7 Å². The van der Waals surface area contributed by atoms with E-state index in [9.17, 15) is 34.3 Å². The zero-order valence-electron chi connectivity index (χ0n) is 11.0. The molecule has 3 fully saturated rings. The number of hydrogen-bond acceptors (Lipinski definition) is 13. The minimum atomic E-state index is -5.08. The molecule has 0 aliphatic carbocycles. The van der Waals surface area contributed by atoms with E-state index >= 15 is 0 Å². The second-order valence-electron chi connectivity index (χ2n) is 4.62. The number of carbonyl (C=O) groups is 3. The van der Waals surface area contributed by atoms with Crippen LogP contribution in [-0.4, -0.2) is 70.4 Å². The first-order valence-electron chi connectivity index (χ1n) is 5.94. The highest BCUT2D eigenvalue weighted by Gasteiger charge is 2.73. The predicted molar refractivity (Wildman–Crippen MR) is 58.6 cm³/mol. The lowest BCUT2D eigenvalue weighted by Gasteiger charge is -2.25. The Hall–Kier alpha value is -1.60. The minimum Gasteiger partial charge on any atom is -0.414 e. The molecule has 0 aromatic heterocycles. The number of aliphatic hydroxyl groups excluding tert-OH is 3. The number of phosphoric acid groups is 1. The van der Waals surface area contributed by atoms with Crippen LogP contribution in [0.3, 0.4) is 0 Å². The number of phosphoric ester groups is 1. The van der Waals surface area contributed by atoms with E-state index in [1.54, 1.807) is 0 Å². The summed E-state index contributed by atoms with van der Waals surface area (Å²) in [5.74, 6) is -14.2. The number of fused-ring (bicyclic) bond motifs is 3. The Morgan fingerprint density at radius 3 is 1.17 bits per heavy atom. The quantitative estimate of drug-likeness (QED) is 0.262. The van der Waals surface area contributed by atoms with Crippen LogP contribution in [0.4, 0.5) is 0 Å². The Balaban J connectivity index is 2.31. The molecule has 3 aliphatic heterocycles. The van der Waals surface area contributed by atoms with Gasteiger partial charge in [0.1, 0.15) is 19.8 Å². The van der Waals surface area contributed by atoms with E-state index in [2.05, 4.69) is 27.8 Å². The van der Waals surface area contributed by atoms with Gasteiger partial charge in [-0.25, -0.2) is 32.5 Å². The van der Waals surface area contributed by atoms with Crippen molar-refractivity contribution in [3.05, 3.63) is 0 Å². The molecule has 3 saturated heterocycles. The van der Waals surface area contributed by atoms with Crippen molar-refractivity contribution in [3.63, 3.8) is 0 Å². The van der Waals surface area contributed by atoms with Crippen LogP contribution in [0.1, 0.15) is 0 Å². The van der Waals surface area contributed by atoms with Gasteiger partial charge < -0.3 is 29.5 Å². The lowest BCUT2D eigenvalue weighted by atomic mass is 10.2. The van der Waals surface area contributed by atoms with Gasteiger partial charge in [-0.15, -0.1) is 0 Å². The van der Waals surface area contributed by atoms with Crippen LogP contribution in [0.15, 0.2) is 0 Å². The van der Waals surface area contributed by atoms with Crippen molar-refractivity contribution in [3.8, 4) is 0 Å². The first-order valence-corrected chi connectivity index (χ1v) is 7.40. The Bertz CT molecular complexity index is 560. The van der Waals surface area contributed by atoms with Gasteiger partial charge in [-0.3, -0.25) is 0 Å². The topological polar surface area (TPSA) is 184 Å². The van der Waals surface area contributed by atoms with Crippen molar-refractivity contribution in [2.45, 2.75) is 17.4 Å². The number of esters is 3. The fourth-order valence-corrected chi connectivity index (χ4v) is 3.65. The Labute approximate surface area is 126 Å². The summed E-state index contributed by atoms with van der Waals surface area (Å²) in [7, 11) is -5.08. The first kappa shape index (κ1) is 16.3. The number of rotatable bonds is 3. The second kappa shape index (κ2) is 4.70. The van der Waals surface area contributed by atoms with Gasteiger partial charge in [0, 0.05) is 0 Å². The van der Waals surface area contributed by atoms with E-state index in [1.165, 1.54) is 0 Å². The van der Waals surface area contributed by atoms with Crippen molar-refractivity contribution in [2.24, 2.45) is 0 Å². The second-order valence-corrected chi connectivity index (χ2v) is 6.06. The maximum Gasteiger partial charge on any atom is 0.486 e. The molecule has 0 aromatic carbocycles. The standard InChI is InChI=1S/C9H9O13P/c10-1-7-4(13)18-9(3-12)6(15)19-8(2-11,5(14)17-7)21-23(16,20-7)22-9/h10-12H,1-3H2. The maximum absolute atomic E-state index is 12.6. The molecule has 3 N–H and O–H groups in total. The van der Waals surface area contributed by atoms with Crippen LogP contribution in [0, 0.1) is 0 Å². The van der Waals surface area contributed by atoms with Crippen molar-refractivity contribution in [1.29, 1.82) is 0 Å². The molecule has 128 valence electrons. The largest absolute Gasteiger partial charge is 0.486 e.